The van der Waals surface area contributed by atoms with Crippen LogP contribution in [0.2, 0.25) is 0 Å². The molecule has 0 saturated carbocycles. The fourth-order valence-electron chi connectivity index (χ4n) is 1.41. The molecule has 0 aliphatic rings. The molecule has 13 heavy (non-hydrogen) atoms. The first kappa shape index (κ1) is 12.6. The Bertz CT molecular complexity index is 143. The van der Waals surface area contributed by atoms with E-state index in [0.717, 1.165) is 19.1 Å². The number of nitrogens with two attached hydrogens (primary N) is 1. The third-order valence-corrected chi connectivity index (χ3v) is 2.54. The number of rotatable bonds is 7. The van der Waals surface area contributed by atoms with Crippen molar-refractivity contribution >= 4 is 6.29 Å². The Morgan fingerprint density at radius 1 is 1.38 bits per heavy atom. The molecule has 0 aromatic rings. The lowest BCUT2D eigenvalue weighted by Crippen LogP contribution is -2.24. The molecule has 2 heteroatoms. The lowest BCUT2D eigenvalue weighted by atomic mass is 9.82. The van der Waals surface area contributed by atoms with Gasteiger partial charge in [0, 0.05) is 0 Å². The summed E-state index contributed by atoms with van der Waals surface area (Å²) in [6.45, 7) is 6.70. The van der Waals surface area contributed by atoms with Gasteiger partial charge in [-0.05, 0) is 24.7 Å². The summed E-state index contributed by atoms with van der Waals surface area (Å²) in [5.41, 5.74) is 5.88. The van der Waals surface area contributed by atoms with Crippen molar-refractivity contribution < 1.29 is 4.79 Å². The van der Waals surface area contributed by atoms with E-state index in [0.29, 0.717) is 5.41 Å². The highest BCUT2D eigenvalue weighted by Gasteiger charge is 2.17. The zero-order valence-electron chi connectivity index (χ0n) is 9.18. The molecule has 2 nitrogen and oxygen atoms in total. The summed E-state index contributed by atoms with van der Waals surface area (Å²) in [5, 5.41) is 0. The smallest absolute Gasteiger partial charge is 0.136 e. The highest BCUT2D eigenvalue weighted by atomic mass is 16.1. The monoisotopic (exact) mass is 185 g/mol. The van der Waals surface area contributed by atoms with Crippen molar-refractivity contribution in [3.63, 3.8) is 0 Å². The Kier molecular flexibility index (Phi) is 5.97. The van der Waals surface area contributed by atoms with Crippen molar-refractivity contribution in [1.82, 2.24) is 0 Å². The molecule has 0 aliphatic carbocycles. The van der Waals surface area contributed by atoms with Crippen LogP contribution in [0.4, 0.5) is 0 Å². The van der Waals surface area contributed by atoms with E-state index in [1.54, 1.807) is 0 Å². The average Bonchev–Trinajstić information content (AvgIpc) is 2.11. The van der Waals surface area contributed by atoms with Crippen LogP contribution < -0.4 is 5.73 Å². The van der Waals surface area contributed by atoms with Gasteiger partial charge in [0.05, 0.1) is 6.04 Å². The van der Waals surface area contributed by atoms with Gasteiger partial charge in [-0.1, -0.05) is 33.6 Å². The van der Waals surface area contributed by atoms with Gasteiger partial charge in [0.25, 0.3) is 0 Å². The fourth-order valence-corrected chi connectivity index (χ4v) is 1.41. The van der Waals surface area contributed by atoms with Crippen molar-refractivity contribution in [2.24, 2.45) is 11.1 Å². The van der Waals surface area contributed by atoms with Crippen molar-refractivity contribution in [2.45, 2.75) is 58.9 Å². The van der Waals surface area contributed by atoms with Gasteiger partial charge in [-0.2, -0.15) is 0 Å². The summed E-state index contributed by atoms with van der Waals surface area (Å²) < 4.78 is 0. The first-order valence-corrected chi connectivity index (χ1v) is 5.22. The van der Waals surface area contributed by atoms with Crippen LogP contribution in [0.15, 0.2) is 0 Å². The van der Waals surface area contributed by atoms with Crippen molar-refractivity contribution in [1.29, 1.82) is 0 Å². The van der Waals surface area contributed by atoms with Crippen LogP contribution in [0.5, 0.6) is 0 Å². The lowest BCUT2D eigenvalue weighted by Gasteiger charge is -2.24. The molecule has 0 bridgehead atoms. The van der Waals surface area contributed by atoms with E-state index in [1.165, 1.54) is 19.3 Å². The van der Waals surface area contributed by atoms with Crippen LogP contribution in [0, 0.1) is 5.41 Å². The van der Waals surface area contributed by atoms with Gasteiger partial charge in [0.2, 0.25) is 0 Å². The summed E-state index contributed by atoms with van der Waals surface area (Å²) in [4.78, 5) is 10.3. The van der Waals surface area contributed by atoms with Gasteiger partial charge in [0.15, 0.2) is 0 Å². The van der Waals surface area contributed by atoms with Gasteiger partial charge in [-0.3, -0.25) is 0 Å². The highest BCUT2D eigenvalue weighted by molar-refractivity contribution is 5.56. The zero-order chi connectivity index (χ0) is 10.3. The van der Waals surface area contributed by atoms with E-state index >= 15 is 0 Å². The maximum absolute atomic E-state index is 10.3. The van der Waals surface area contributed by atoms with Crippen LogP contribution >= 0.6 is 0 Å². The first-order chi connectivity index (χ1) is 6.02. The molecule has 0 radical (unpaired) electrons. The second-order valence-corrected chi connectivity index (χ2v) is 4.61. The van der Waals surface area contributed by atoms with E-state index < -0.39 is 0 Å². The third-order valence-electron chi connectivity index (χ3n) is 2.54. The maximum atomic E-state index is 10.3. The number of hydrogen-bond acceptors (Lipinski definition) is 2. The first-order valence-electron chi connectivity index (χ1n) is 5.22. The van der Waals surface area contributed by atoms with Crippen molar-refractivity contribution in [2.75, 3.05) is 0 Å². The van der Waals surface area contributed by atoms with E-state index in [9.17, 15) is 4.79 Å². The predicted molar refractivity (Wildman–Crippen MR) is 56.6 cm³/mol. The SMILES string of the molecule is CCCCC(C)(C)CCC(N)C=O. The van der Waals surface area contributed by atoms with Crippen LogP contribution in [-0.4, -0.2) is 12.3 Å². The molecule has 78 valence electrons. The predicted octanol–water partition coefficient (Wildman–Crippen LogP) is 2.51. The minimum atomic E-state index is -0.263. The molecular formula is C11H23NO. The normalized spacial score (nSPS) is 14.2. The maximum Gasteiger partial charge on any atom is 0.136 e. The molecule has 0 amide bonds. The van der Waals surface area contributed by atoms with Crippen LogP contribution in [0.3, 0.4) is 0 Å². The molecule has 0 spiro atoms. The summed E-state index contributed by atoms with van der Waals surface area (Å²) in [7, 11) is 0. The van der Waals surface area contributed by atoms with Crippen molar-refractivity contribution in [3.05, 3.63) is 0 Å². The van der Waals surface area contributed by atoms with Gasteiger partial charge < -0.3 is 10.5 Å². The summed E-state index contributed by atoms with van der Waals surface area (Å²) in [6.07, 6.45) is 6.45. The summed E-state index contributed by atoms with van der Waals surface area (Å²) in [6, 6.07) is -0.263. The number of hydrogen-bond donors (Lipinski definition) is 1. The Labute approximate surface area is 81.9 Å². The molecule has 0 aromatic carbocycles. The van der Waals surface area contributed by atoms with Crippen LogP contribution in [0.1, 0.15) is 52.9 Å². The molecule has 0 saturated heterocycles. The van der Waals surface area contributed by atoms with E-state index in [4.69, 9.17) is 5.73 Å². The molecule has 0 aromatic heterocycles. The molecule has 0 fully saturated rings. The third kappa shape index (κ3) is 6.76. The Morgan fingerprint density at radius 3 is 2.46 bits per heavy atom. The quantitative estimate of drug-likeness (QED) is 0.619. The largest absolute Gasteiger partial charge is 0.322 e. The minimum Gasteiger partial charge on any atom is -0.322 e. The topological polar surface area (TPSA) is 43.1 Å². The van der Waals surface area contributed by atoms with Gasteiger partial charge >= 0.3 is 0 Å². The highest BCUT2D eigenvalue weighted by Crippen LogP contribution is 2.28. The number of carbonyl (C=O) groups excluding carboxylic acids is 1. The fraction of sp³-hybridized carbons (Fsp3) is 0.909. The van der Waals surface area contributed by atoms with E-state index in [-0.39, 0.29) is 6.04 Å². The van der Waals surface area contributed by atoms with E-state index in [2.05, 4.69) is 20.8 Å². The average molecular weight is 185 g/mol. The molecule has 1 atom stereocenters. The molecular weight excluding hydrogens is 162 g/mol. The number of carbonyl (C=O) groups is 1. The standard InChI is InChI=1S/C11H23NO/c1-4-5-7-11(2,3)8-6-10(12)9-13/h9-10H,4-8,12H2,1-3H3. The summed E-state index contributed by atoms with van der Waals surface area (Å²) in [5.74, 6) is 0. The lowest BCUT2D eigenvalue weighted by molar-refractivity contribution is -0.109. The molecule has 1 unspecified atom stereocenters. The molecule has 0 heterocycles. The van der Waals surface area contributed by atoms with Crippen LogP contribution in [0.25, 0.3) is 0 Å². The number of aldehydes is 1. The molecule has 0 rings (SSSR count). The molecule has 0 aliphatic heterocycles. The minimum absolute atomic E-state index is 0.263. The second kappa shape index (κ2) is 6.14. The van der Waals surface area contributed by atoms with Gasteiger partial charge in [-0.25, -0.2) is 0 Å². The Balaban J connectivity index is 3.67. The second-order valence-electron chi connectivity index (χ2n) is 4.61. The number of unbranched alkanes of at least 4 members (excludes halogenated alkanes) is 1. The van der Waals surface area contributed by atoms with E-state index in [1.807, 2.05) is 0 Å². The van der Waals surface area contributed by atoms with Gasteiger partial charge in [0.1, 0.15) is 6.29 Å². The van der Waals surface area contributed by atoms with Gasteiger partial charge in [-0.15, -0.1) is 0 Å². The van der Waals surface area contributed by atoms with Crippen LogP contribution in [-0.2, 0) is 4.79 Å². The Hall–Kier alpha value is -0.370. The zero-order valence-corrected chi connectivity index (χ0v) is 9.18. The summed E-state index contributed by atoms with van der Waals surface area (Å²) >= 11 is 0. The molecule has 2 N–H and O–H groups in total. The van der Waals surface area contributed by atoms with Crippen molar-refractivity contribution in [3.8, 4) is 0 Å². The Morgan fingerprint density at radius 2 is 2.00 bits per heavy atom.